The quantitative estimate of drug-likeness (QED) is 0.510. The van der Waals surface area contributed by atoms with Crippen molar-refractivity contribution in [1.29, 1.82) is 0 Å². The number of β-amino-alcohol motifs (C(OH)–C–C–N with tert-alkyl or cyclic N) is 1. The van der Waals surface area contributed by atoms with Gasteiger partial charge in [0.1, 0.15) is 23.3 Å². The second-order valence-corrected chi connectivity index (χ2v) is 10.7. The first kappa shape index (κ1) is 24.6. The lowest BCUT2D eigenvalue weighted by atomic mass is 9.97. The Balaban J connectivity index is 1.82. The molecule has 1 aromatic carbocycles. The second-order valence-electron chi connectivity index (χ2n) is 8.78. The molecule has 0 amide bonds. The Morgan fingerprint density at radius 3 is 2.64 bits per heavy atom. The van der Waals surface area contributed by atoms with Crippen molar-refractivity contribution in [3.63, 3.8) is 0 Å². The summed E-state index contributed by atoms with van der Waals surface area (Å²) >= 11 is 0. The van der Waals surface area contributed by atoms with Crippen LogP contribution < -0.4 is 4.74 Å². The molecular formula is C23H24FN3O5S. The van der Waals surface area contributed by atoms with Gasteiger partial charge in [-0.05, 0) is 45.0 Å². The molecule has 10 heteroatoms. The zero-order valence-electron chi connectivity index (χ0n) is 18.4. The standard InChI is InChI=1S/C23H24FN3O5S/c1-22(2,3)10-9-16-5-8-21(26-12-16)33(30,31)27-13-20(23(29,14-27)15-28)32-17-6-7-19(25-4)18(24)11-17/h5-8,11-12,20,28-29H,13-15H2,1-3H3/t20-,23+/m0/s1. The van der Waals surface area contributed by atoms with Crippen LogP contribution in [0.4, 0.5) is 10.1 Å². The minimum Gasteiger partial charge on any atom is -0.486 e. The van der Waals surface area contributed by atoms with Gasteiger partial charge in [0, 0.05) is 29.8 Å². The van der Waals surface area contributed by atoms with E-state index in [-0.39, 0.29) is 28.4 Å². The lowest BCUT2D eigenvalue weighted by Gasteiger charge is -2.27. The number of pyridine rings is 1. The first-order valence-corrected chi connectivity index (χ1v) is 11.5. The van der Waals surface area contributed by atoms with Gasteiger partial charge in [-0.1, -0.05) is 11.8 Å². The molecule has 1 aliphatic rings. The highest BCUT2D eigenvalue weighted by Crippen LogP contribution is 2.31. The van der Waals surface area contributed by atoms with Crippen molar-refractivity contribution in [3.8, 4) is 17.6 Å². The Labute approximate surface area is 192 Å². The van der Waals surface area contributed by atoms with E-state index in [1.165, 1.54) is 24.4 Å². The Hall–Kier alpha value is -3.02. The molecule has 2 heterocycles. The summed E-state index contributed by atoms with van der Waals surface area (Å²) < 4.78 is 46.7. The van der Waals surface area contributed by atoms with Gasteiger partial charge in [0.15, 0.2) is 5.03 Å². The maximum atomic E-state index is 13.9. The molecule has 8 nitrogen and oxygen atoms in total. The molecule has 0 bridgehead atoms. The van der Waals surface area contributed by atoms with Crippen LogP contribution in [0.1, 0.15) is 26.3 Å². The van der Waals surface area contributed by atoms with Gasteiger partial charge in [-0.25, -0.2) is 22.6 Å². The molecule has 33 heavy (non-hydrogen) atoms. The molecule has 0 unspecified atom stereocenters. The van der Waals surface area contributed by atoms with E-state index < -0.39 is 40.7 Å². The monoisotopic (exact) mass is 473 g/mol. The second kappa shape index (κ2) is 9.08. The Kier molecular flexibility index (Phi) is 6.78. The van der Waals surface area contributed by atoms with Crippen LogP contribution in [-0.2, 0) is 10.0 Å². The molecule has 1 fully saturated rings. The number of hydrogen-bond donors (Lipinski definition) is 2. The molecular weight excluding hydrogens is 449 g/mol. The molecule has 0 saturated carbocycles. The normalized spacial score (nSPS) is 21.2. The van der Waals surface area contributed by atoms with Crippen LogP contribution >= 0.6 is 0 Å². The van der Waals surface area contributed by atoms with E-state index in [9.17, 15) is 23.0 Å². The molecule has 1 aromatic heterocycles. The van der Waals surface area contributed by atoms with Crippen molar-refractivity contribution in [3.05, 3.63) is 59.3 Å². The van der Waals surface area contributed by atoms with Crippen molar-refractivity contribution in [2.75, 3.05) is 19.7 Å². The predicted molar refractivity (Wildman–Crippen MR) is 118 cm³/mol. The van der Waals surface area contributed by atoms with Crippen LogP contribution in [0.25, 0.3) is 4.85 Å². The number of hydrogen-bond acceptors (Lipinski definition) is 6. The Morgan fingerprint density at radius 2 is 2.09 bits per heavy atom. The average molecular weight is 474 g/mol. The van der Waals surface area contributed by atoms with Crippen molar-refractivity contribution in [1.82, 2.24) is 9.29 Å². The molecule has 2 atom stereocenters. The van der Waals surface area contributed by atoms with Gasteiger partial charge in [0.2, 0.25) is 5.69 Å². The number of aliphatic hydroxyl groups excluding tert-OH is 1. The molecule has 3 rings (SSSR count). The topological polar surface area (TPSA) is 104 Å². The number of aliphatic hydroxyl groups is 2. The summed E-state index contributed by atoms with van der Waals surface area (Å²) in [5.41, 5.74) is -1.77. The fourth-order valence-corrected chi connectivity index (χ4v) is 4.54. The van der Waals surface area contributed by atoms with Gasteiger partial charge in [-0.15, -0.1) is 0 Å². The van der Waals surface area contributed by atoms with Crippen LogP contribution in [0.2, 0.25) is 0 Å². The Bertz CT molecular complexity index is 1240. The molecule has 0 radical (unpaired) electrons. The van der Waals surface area contributed by atoms with E-state index in [1.54, 1.807) is 6.07 Å². The van der Waals surface area contributed by atoms with Crippen LogP contribution in [0, 0.1) is 29.6 Å². The SMILES string of the molecule is [C-]#[N+]c1ccc(O[C@H]2CN(S(=O)(=O)c3ccc(C#CC(C)(C)C)cn3)C[C@@]2(O)CO)cc1F. The molecule has 1 aliphatic heterocycles. The number of rotatable bonds is 5. The largest absolute Gasteiger partial charge is 0.486 e. The fraction of sp³-hybridized carbons (Fsp3) is 0.391. The van der Waals surface area contributed by atoms with Crippen molar-refractivity contribution in [2.24, 2.45) is 5.41 Å². The predicted octanol–water partition coefficient (Wildman–Crippen LogP) is 2.34. The highest BCUT2D eigenvalue weighted by atomic mass is 32.2. The van der Waals surface area contributed by atoms with Crippen molar-refractivity contribution in [2.45, 2.75) is 37.5 Å². The lowest BCUT2D eigenvalue weighted by Crippen LogP contribution is -2.48. The summed E-state index contributed by atoms with van der Waals surface area (Å²) in [7, 11) is -4.11. The van der Waals surface area contributed by atoms with Gasteiger partial charge in [-0.2, -0.15) is 4.31 Å². The summed E-state index contributed by atoms with van der Waals surface area (Å²) in [6, 6.07) is 6.40. The van der Waals surface area contributed by atoms with Gasteiger partial charge in [-0.3, -0.25) is 0 Å². The average Bonchev–Trinajstić information content (AvgIpc) is 3.10. The number of aromatic nitrogens is 1. The molecule has 174 valence electrons. The smallest absolute Gasteiger partial charge is 0.260 e. The minimum atomic E-state index is -4.11. The van der Waals surface area contributed by atoms with Crippen molar-refractivity contribution < 1.29 is 27.8 Å². The van der Waals surface area contributed by atoms with Crippen molar-refractivity contribution >= 4 is 15.7 Å². The maximum Gasteiger partial charge on any atom is 0.260 e. The van der Waals surface area contributed by atoms with Crippen LogP contribution in [0.15, 0.2) is 41.6 Å². The highest BCUT2D eigenvalue weighted by molar-refractivity contribution is 7.89. The Morgan fingerprint density at radius 1 is 1.36 bits per heavy atom. The van der Waals surface area contributed by atoms with Gasteiger partial charge >= 0.3 is 0 Å². The first-order chi connectivity index (χ1) is 15.4. The first-order valence-electron chi connectivity index (χ1n) is 10.0. The third-order valence-electron chi connectivity index (χ3n) is 4.93. The summed E-state index contributed by atoms with van der Waals surface area (Å²) in [5, 5.41) is 20.3. The van der Waals surface area contributed by atoms with E-state index in [2.05, 4.69) is 21.7 Å². The highest BCUT2D eigenvalue weighted by Gasteiger charge is 2.51. The summed E-state index contributed by atoms with van der Waals surface area (Å²) in [5.74, 6) is 5.17. The van der Waals surface area contributed by atoms with E-state index >= 15 is 0 Å². The van der Waals surface area contributed by atoms with Gasteiger partial charge < -0.3 is 14.9 Å². The number of sulfonamides is 1. The van der Waals surface area contributed by atoms with E-state index in [4.69, 9.17) is 11.3 Å². The number of ether oxygens (including phenoxy) is 1. The van der Waals surface area contributed by atoms with Gasteiger partial charge in [0.25, 0.3) is 10.0 Å². The van der Waals surface area contributed by atoms with E-state index in [0.717, 1.165) is 10.4 Å². The zero-order valence-corrected chi connectivity index (χ0v) is 19.2. The van der Waals surface area contributed by atoms with Crippen LogP contribution in [0.3, 0.4) is 0 Å². The molecule has 0 spiro atoms. The molecule has 2 aromatic rings. The van der Waals surface area contributed by atoms with Gasteiger partial charge in [0.05, 0.1) is 19.7 Å². The molecule has 2 N–H and O–H groups in total. The van der Waals surface area contributed by atoms with E-state index in [1.807, 2.05) is 20.8 Å². The molecule has 1 saturated heterocycles. The van der Waals surface area contributed by atoms with E-state index in [0.29, 0.717) is 5.56 Å². The number of halogens is 1. The lowest BCUT2D eigenvalue weighted by molar-refractivity contribution is -0.0641. The van der Waals surface area contributed by atoms with Crippen LogP contribution in [0.5, 0.6) is 5.75 Å². The maximum absolute atomic E-state index is 13.9. The third kappa shape index (κ3) is 5.49. The minimum absolute atomic E-state index is 0.00377. The zero-order chi connectivity index (χ0) is 24.4. The molecule has 0 aliphatic carbocycles. The fourth-order valence-electron chi connectivity index (χ4n) is 3.12. The summed E-state index contributed by atoms with van der Waals surface area (Å²) in [6.07, 6.45) is 0.183. The summed E-state index contributed by atoms with van der Waals surface area (Å²) in [4.78, 5) is 7.04. The summed E-state index contributed by atoms with van der Waals surface area (Å²) in [6.45, 7) is 11.2. The number of nitrogens with zero attached hydrogens (tertiary/aromatic N) is 3. The number of benzene rings is 1. The third-order valence-corrected chi connectivity index (χ3v) is 6.66. The van der Waals surface area contributed by atoms with Crippen LogP contribution in [-0.4, -0.2) is 59.3 Å².